The molecule has 0 amide bonds. The van der Waals surface area contributed by atoms with Gasteiger partial charge in [0.15, 0.2) is 12.0 Å². The van der Waals surface area contributed by atoms with Crippen molar-refractivity contribution < 1.29 is 22.1 Å². The highest BCUT2D eigenvalue weighted by molar-refractivity contribution is 7.84. The van der Waals surface area contributed by atoms with Gasteiger partial charge >= 0.3 is 10.3 Å². The highest BCUT2D eigenvalue weighted by Crippen LogP contribution is 2.35. The molecule has 0 aromatic heterocycles. The summed E-state index contributed by atoms with van der Waals surface area (Å²) in [5, 5.41) is 0. The van der Waals surface area contributed by atoms with Crippen LogP contribution < -0.4 is 4.72 Å². The number of hydrogen-bond acceptors (Lipinski definition) is 5. The van der Waals surface area contributed by atoms with Crippen LogP contribution in [0.15, 0.2) is 30.3 Å². The van der Waals surface area contributed by atoms with Crippen molar-refractivity contribution in [1.29, 1.82) is 0 Å². The van der Waals surface area contributed by atoms with Crippen LogP contribution in [-0.2, 0) is 30.4 Å². The summed E-state index contributed by atoms with van der Waals surface area (Å²) >= 11 is 0. The first-order valence-corrected chi connectivity index (χ1v) is 8.82. The Kier molecular flexibility index (Phi) is 5.57. The van der Waals surface area contributed by atoms with Crippen molar-refractivity contribution in [2.45, 2.75) is 51.2 Å². The molecule has 0 spiro atoms. The lowest BCUT2D eigenvalue weighted by Crippen LogP contribution is -2.43. The molecule has 6 nitrogen and oxygen atoms in total. The molecule has 0 saturated carbocycles. The van der Waals surface area contributed by atoms with Crippen molar-refractivity contribution in [3.05, 3.63) is 35.9 Å². The van der Waals surface area contributed by atoms with Gasteiger partial charge in [0, 0.05) is 6.42 Å². The fourth-order valence-electron chi connectivity index (χ4n) is 2.54. The third-order valence-electron chi connectivity index (χ3n) is 3.88. The monoisotopic (exact) mass is 329 g/mol. The molecular weight excluding hydrogens is 306 g/mol. The van der Waals surface area contributed by atoms with Gasteiger partial charge in [-0.25, -0.2) is 0 Å². The number of hydrogen-bond donors (Lipinski definition) is 1. The van der Waals surface area contributed by atoms with Crippen LogP contribution in [0.3, 0.4) is 0 Å². The van der Waals surface area contributed by atoms with E-state index in [4.69, 9.17) is 9.47 Å². The zero-order valence-corrected chi connectivity index (χ0v) is 13.9. The molecule has 1 heterocycles. The molecule has 0 unspecified atom stereocenters. The van der Waals surface area contributed by atoms with Crippen molar-refractivity contribution in [2.24, 2.45) is 0 Å². The Hall–Kier alpha value is -0.990. The highest BCUT2D eigenvalue weighted by Gasteiger charge is 2.46. The van der Waals surface area contributed by atoms with Gasteiger partial charge in [-0.15, -0.1) is 0 Å². The fraction of sp³-hybridized carbons (Fsp3) is 0.600. The molecule has 2 rings (SSSR count). The predicted molar refractivity (Wildman–Crippen MR) is 82.3 cm³/mol. The molecule has 1 aliphatic heterocycles. The molecule has 1 aromatic carbocycles. The van der Waals surface area contributed by atoms with Crippen molar-refractivity contribution in [3.63, 3.8) is 0 Å². The fourth-order valence-corrected chi connectivity index (χ4v) is 3.12. The van der Waals surface area contributed by atoms with E-state index < -0.39 is 28.4 Å². The molecule has 0 radical (unpaired) electrons. The average Bonchev–Trinajstić information content (AvgIpc) is 2.86. The van der Waals surface area contributed by atoms with E-state index in [9.17, 15) is 8.42 Å². The minimum absolute atomic E-state index is 0.410. The maximum absolute atomic E-state index is 11.7. The van der Waals surface area contributed by atoms with Crippen molar-refractivity contribution >= 4 is 10.3 Å². The standard InChI is InChI=1S/C15H23NO5S/c1-4-15(5-2)20-13(11-12-9-7-6-8-10-12)14(21-15)16-22(17,18)19-3/h6-10,13-14,16H,4-5,11H2,1-3H3/t13-,14-/m1/s1. The molecule has 1 N–H and O–H groups in total. The number of nitrogens with one attached hydrogen (secondary N) is 1. The third kappa shape index (κ3) is 4.05. The van der Waals surface area contributed by atoms with Crippen LogP contribution in [0.5, 0.6) is 0 Å². The van der Waals surface area contributed by atoms with E-state index in [1.807, 2.05) is 44.2 Å². The first-order valence-electron chi connectivity index (χ1n) is 7.41. The van der Waals surface area contributed by atoms with Gasteiger partial charge in [-0.2, -0.15) is 13.1 Å². The maximum atomic E-state index is 11.7. The number of rotatable bonds is 7. The summed E-state index contributed by atoms with van der Waals surface area (Å²) in [6.07, 6.45) is 0.650. The normalized spacial score (nSPS) is 24.5. The van der Waals surface area contributed by atoms with E-state index >= 15 is 0 Å². The summed E-state index contributed by atoms with van der Waals surface area (Å²) in [7, 11) is -2.74. The number of benzene rings is 1. The Morgan fingerprint density at radius 2 is 1.82 bits per heavy atom. The SMILES string of the molecule is CCC1(CC)O[C@@H](NS(=O)(=O)OC)[C@@H](Cc2ccccc2)O1. The van der Waals surface area contributed by atoms with Gasteiger partial charge in [0.05, 0.1) is 7.11 Å². The zero-order valence-electron chi connectivity index (χ0n) is 13.1. The Bertz CT molecular complexity index is 571. The van der Waals surface area contributed by atoms with Crippen LogP contribution in [0.2, 0.25) is 0 Å². The van der Waals surface area contributed by atoms with Gasteiger partial charge in [0.25, 0.3) is 0 Å². The Morgan fingerprint density at radius 3 is 2.36 bits per heavy atom. The predicted octanol–water partition coefficient (Wildman–Crippen LogP) is 1.97. The Labute approximate surface area is 132 Å². The van der Waals surface area contributed by atoms with Crippen molar-refractivity contribution in [3.8, 4) is 0 Å². The molecule has 124 valence electrons. The number of ether oxygens (including phenoxy) is 2. The average molecular weight is 329 g/mol. The van der Waals surface area contributed by atoms with Gasteiger partial charge in [-0.05, 0) is 18.4 Å². The van der Waals surface area contributed by atoms with Crippen LogP contribution in [0.4, 0.5) is 0 Å². The van der Waals surface area contributed by atoms with Crippen LogP contribution >= 0.6 is 0 Å². The molecule has 1 aromatic rings. The largest absolute Gasteiger partial charge is 0.342 e. The molecule has 2 atom stereocenters. The van der Waals surface area contributed by atoms with Gasteiger partial charge in [0.1, 0.15) is 6.10 Å². The second kappa shape index (κ2) is 7.06. The van der Waals surface area contributed by atoms with Crippen LogP contribution in [0.1, 0.15) is 32.3 Å². The van der Waals surface area contributed by atoms with Gasteiger partial charge in [0.2, 0.25) is 0 Å². The van der Waals surface area contributed by atoms with Gasteiger partial charge in [-0.3, -0.25) is 4.18 Å². The highest BCUT2D eigenvalue weighted by atomic mass is 32.2. The maximum Gasteiger partial charge on any atom is 0.337 e. The lowest BCUT2D eigenvalue weighted by Gasteiger charge is -2.25. The topological polar surface area (TPSA) is 73.9 Å². The minimum Gasteiger partial charge on any atom is -0.342 e. The van der Waals surface area contributed by atoms with Crippen molar-refractivity contribution in [1.82, 2.24) is 4.72 Å². The van der Waals surface area contributed by atoms with Crippen LogP contribution in [0, 0.1) is 0 Å². The van der Waals surface area contributed by atoms with E-state index in [0.717, 1.165) is 12.7 Å². The summed E-state index contributed by atoms with van der Waals surface area (Å²) in [5.41, 5.74) is 1.06. The van der Waals surface area contributed by atoms with Gasteiger partial charge < -0.3 is 9.47 Å². The van der Waals surface area contributed by atoms with Gasteiger partial charge in [-0.1, -0.05) is 44.2 Å². The molecular formula is C15H23NO5S. The quantitative estimate of drug-likeness (QED) is 0.828. The van der Waals surface area contributed by atoms with E-state index in [2.05, 4.69) is 8.91 Å². The van der Waals surface area contributed by atoms with Crippen LogP contribution in [-0.4, -0.2) is 33.6 Å². The van der Waals surface area contributed by atoms with Crippen LogP contribution in [0.25, 0.3) is 0 Å². The van der Waals surface area contributed by atoms with E-state index in [0.29, 0.717) is 19.3 Å². The summed E-state index contributed by atoms with van der Waals surface area (Å²) < 4.78 is 42.1. The molecule has 0 bridgehead atoms. The van der Waals surface area contributed by atoms with E-state index in [1.165, 1.54) is 0 Å². The summed E-state index contributed by atoms with van der Waals surface area (Å²) in [6.45, 7) is 3.91. The second-order valence-corrected chi connectivity index (χ2v) is 6.72. The molecule has 22 heavy (non-hydrogen) atoms. The molecule has 1 aliphatic rings. The zero-order chi connectivity index (χ0) is 16.2. The third-order valence-corrected chi connectivity index (χ3v) is 4.84. The molecule has 7 heteroatoms. The molecule has 1 fully saturated rings. The first-order chi connectivity index (χ1) is 10.4. The summed E-state index contributed by atoms with van der Waals surface area (Å²) in [4.78, 5) is 0. The summed E-state index contributed by atoms with van der Waals surface area (Å²) in [6, 6.07) is 9.76. The van der Waals surface area contributed by atoms with Crippen molar-refractivity contribution in [2.75, 3.05) is 7.11 Å². The Balaban J connectivity index is 2.19. The lowest BCUT2D eigenvalue weighted by molar-refractivity contribution is -0.179. The van der Waals surface area contributed by atoms with E-state index in [1.54, 1.807) is 0 Å². The Morgan fingerprint density at radius 1 is 1.18 bits per heavy atom. The second-order valence-electron chi connectivity index (χ2n) is 5.24. The molecule has 1 saturated heterocycles. The van der Waals surface area contributed by atoms with E-state index in [-0.39, 0.29) is 0 Å². The minimum atomic E-state index is -3.85. The first kappa shape index (κ1) is 17.4. The smallest absolute Gasteiger partial charge is 0.337 e. The lowest BCUT2D eigenvalue weighted by atomic mass is 10.1. The summed E-state index contributed by atoms with van der Waals surface area (Å²) in [5.74, 6) is -0.764. The molecule has 0 aliphatic carbocycles.